The van der Waals surface area contributed by atoms with Gasteiger partial charge in [0, 0.05) is 11.2 Å². The van der Waals surface area contributed by atoms with Gasteiger partial charge in [0.1, 0.15) is 11.9 Å². The van der Waals surface area contributed by atoms with Gasteiger partial charge in [-0.05, 0) is 30.5 Å². The number of alkyl halides is 1. The minimum absolute atomic E-state index is 0.343. The van der Waals surface area contributed by atoms with Crippen molar-refractivity contribution in [3.63, 3.8) is 0 Å². The Morgan fingerprint density at radius 2 is 2.33 bits per heavy atom. The van der Waals surface area contributed by atoms with E-state index in [1.54, 1.807) is 0 Å². The summed E-state index contributed by atoms with van der Waals surface area (Å²) in [5.74, 6) is 1.07. The van der Waals surface area contributed by atoms with E-state index in [1.165, 1.54) is 24.0 Å². The Hall–Kier alpha value is -0.500. The van der Waals surface area contributed by atoms with E-state index in [1.807, 2.05) is 0 Å². The molecule has 15 heavy (non-hydrogen) atoms. The van der Waals surface area contributed by atoms with Crippen LogP contribution < -0.4 is 4.74 Å². The molecule has 0 aromatic heterocycles. The number of benzene rings is 1. The molecule has 0 N–H and O–H groups in total. The maximum atomic E-state index is 5.69. The monoisotopic (exact) mass is 268 g/mol. The lowest BCUT2D eigenvalue weighted by molar-refractivity contribution is 0.254. The van der Waals surface area contributed by atoms with Crippen LogP contribution in [0.1, 0.15) is 42.6 Å². The summed E-state index contributed by atoms with van der Waals surface area (Å²) in [4.78, 5) is 0.490. The molecule has 0 aliphatic carbocycles. The first-order valence-corrected chi connectivity index (χ1v) is 6.55. The summed E-state index contributed by atoms with van der Waals surface area (Å²) >= 11 is 3.73. The first-order valence-electron chi connectivity index (χ1n) is 5.64. The maximum Gasteiger partial charge on any atom is 0.123 e. The fourth-order valence-electron chi connectivity index (χ4n) is 2.06. The molecule has 82 valence electrons. The minimum Gasteiger partial charge on any atom is -0.490 e. The lowest BCUT2D eigenvalue weighted by Gasteiger charge is -2.09. The Bertz CT molecular complexity index is 348. The second-order valence-electron chi connectivity index (χ2n) is 4.26. The molecule has 0 radical (unpaired) electrons. The summed E-state index contributed by atoms with van der Waals surface area (Å²) in [5, 5.41) is 0. The molecular weight excluding hydrogens is 252 g/mol. The van der Waals surface area contributed by atoms with Crippen LogP contribution in [0.5, 0.6) is 5.75 Å². The summed E-state index contributed by atoms with van der Waals surface area (Å²) in [6.45, 7) is 4.34. The van der Waals surface area contributed by atoms with E-state index < -0.39 is 0 Å². The molecule has 0 fully saturated rings. The SMILES string of the molecule is CCCC(Br)c1ccc2c(c1)CC(C)O2. The second kappa shape index (κ2) is 4.56. The van der Waals surface area contributed by atoms with Gasteiger partial charge < -0.3 is 4.74 Å². The fraction of sp³-hybridized carbons (Fsp3) is 0.538. The number of rotatable bonds is 3. The van der Waals surface area contributed by atoms with Crippen LogP contribution in [-0.2, 0) is 6.42 Å². The second-order valence-corrected chi connectivity index (χ2v) is 5.36. The Morgan fingerprint density at radius 1 is 1.53 bits per heavy atom. The van der Waals surface area contributed by atoms with Gasteiger partial charge in [0.25, 0.3) is 0 Å². The predicted molar refractivity (Wildman–Crippen MR) is 66.8 cm³/mol. The van der Waals surface area contributed by atoms with Crippen LogP contribution in [0.25, 0.3) is 0 Å². The molecular formula is C13H17BrO. The van der Waals surface area contributed by atoms with Crippen LogP contribution >= 0.6 is 15.9 Å². The maximum absolute atomic E-state index is 5.69. The zero-order chi connectivity index (χ0) is 10.8. The number of hydrogen-bond donors (Lipinski definition) is 0. The lowest BCUT2D eigenvalue weighted by atomic mass is 10.0. The molecule has 1 aliphatic heterocycles. The topological polar surface area (TPSA) is 9.23 Å². The Balaban J connectivity index is 2.19. The van der Waals surface area contributed by atoms with Crippen molar-refractivity contribution in [1.82, 2.24) is 0 Å². The van der Waals surface area contributed by atoms with E-state index >= 15 is 0 Å². The highest BCUT2D eigenvalue weighted by Crippen LogP contribution is 2.34. The summed E-state index contributed by atoms with van der Waals surface area (Å²) in [7, 11) is 0. The highest BCUT2D eigenvalue weighted by molar-refractivity contribution is 9.09. The molecule has 0 saturated heterocycles. The summed E-state index contributed by atoms with van der Waals surface area (Å²) in [6, 6.07) is 6.57. The Kier molecular flexibility index (Phi) is 3.35. The molecule has 1 nitrogen and oxygen atoms in total. The highest BCUT2D eigenvalue weighted by atomic mass is 79.9. The number of fused-ring (bicyclic) bond motifs is 1. The zero-order valence-corrected chi connectivity index (χ0v) is 10.9. The number of hydrogen-bond acceptors (Lipinski definition) is 1. The van der Waals surface area contributed by atoms with Crippen molar-refractivity contribution in [2.24, 2.45) is 0 Å². The average Bonchev–Trinajstić information content (AvgIpc) is 2.57. The molecule has 2 heteroatoms. The van der Waals surface area contributed by atoms with Gasteiger partial charge in [-0.2, -0.15) is 0 Å². The molecule has 1 heterocycles. The van der Waals surface area contributed by atoms with E-state index in [2.05, 4.69) is 48.0 Å². The molecule has 1 aromatic rings. The number of ether oxygens (including phenoxy) is 1. The smallest absolute Gasteiger partial charge is 0.123 e. The van der Waals surface area contributed by atoms with Crippen LogP contribution in [0.15, 0.2) is 18.2 Å². The molecule has 2 unspecified atom stereocenters. The number of halogens is 1. The van der Waals surface area contributed by atoms with Crippen LogP contribution in [0.3, 0.4) is 0 Å². The fourth-order valence-corrected chi connectivity index (χ4v) is 2.80. The van der Waals surface area contributed by atoms with Crippen LogP contribution in [0.4, 0.5) is 0 Å². The summed E-state index contributed by atoms with van der Waals surface area (Å²) < 4.78 is 5.69. The molecule has 1 aliphatic rings. The normalized spacial score (nSPS) is 20.9. The quantitative estimate of drug-likeness (QED) is 0.745. The van der Waals surface area contributed by atoms with E-state index in [0.29, 0.717) is 10.9 Å². The van der Waals surface area contributed by atoms with Gasteiger partial charge in [-0.3, -0.25) is 0 Å². The van der Waals surface area contributed by atoms with Gasteiger partial charge in [0.05, 0.1) is 0 Å². The van der Waals surface area contributed by atoms with E-state index in [4.69, 9.17) is 4.74 Å². The van der Waals surface area contributed by atoms with Crippen LogP contribution in [0, 0.1) is 0 Å². The van der Waals surface area contributed by atoms with Crippen molar-refractivity contribution in [2.45, 2.75) is 44.0 Å². The van der Waals surface area contributed by atoms with Crippen LogP contribution in [0.2, 0.25) is 0 Å². The molecule has 0 spiro atoms. The third-order valence-corrected chi connectivity index (χ3v) is 3.81. The third kappa shape index (κ3) is 2.36. The van der Waals surface area contributed by atoms with E-state index in [9.17, 15) is 0 Å². The molecule has 0 saturated carbocycles. The first kappa shape index (κ1) is 11.0. The van der Waals surface area contributed by atoms with Crippen molar-refractivity contribution >= 4 is 15.9 Å². The molecule has 0 amide bonds. The first-order chi connectivity index (χ1) is 7.20. The summed E-state index contributed by atoms with van der Waals surface area (Å²) in [6.07, 6.45) is 3.79. The van der Waals surface area contributed by atoms with Crippen molar-refractivity contribution in [3.05, 3.63) is 29.3 Å². The predicted octanol–water partition coefficient (Wildman–Crippen LogP) is 4.25. The van der Waals surface area contributed by atoms with Gasteiger partial charge >= 0.3 is 0 Å². The Morgan fingerprint density at radius 3 is 3.07 bits per heavy atom. The van der Waals surface area contributed by atoms with Gasteiger partial charge in [-0.1, -0.05) is 41.4 Å². The lowest BCUT2D eigenvalue weighted by Crippen LogP contribution is -2.05. The highest BCUT2D eigenvalue weighted by Gasteiger charge is 2.20. The zero-order valence-electron chi connectivity index (χ0n) is 9.29. The standard InChI is InChI=1S/C13H17BrO/c1-3-4-12(14)10-5-6-13-11(8-10)7-9(2)15-13/h5-6,8-9,12H,3-4,7H2,1-2H3. The van der Waals surface area contributed by atoms with E-state index in [0.717, 1.165) is 12.2 Å². The molecule has 2 rings (SSSR count). The molecule has 1 aromatic carbocycles. The van der Waals surface area contributed by atoms with E-state index in [-0.39, 0.29) is 0 Å². The average molecular weight is 269 g/mol. The molecule has 0 bridgehead atoms. The largest absolute Gasteiger partial charge is 0.490 e. The van der Waals surface area contributed by atoms with Crippen molar-refractivity contribution < 1.29 is 4.74 Å². The summed E-state index contributed by atoms with van der Waals surface area (Å²) in [5.41, 5.74) is 2.74. The van der Waals surface area contributed by atoms with Crippen LogP contribution in [-0.4, -0.2) is 6.10 Å². The van der Waals surface area contributed by atoms with Gasteiger partial charge in [0.2, 0.25) is 0 Å². The Labute approximate surface area is 100.0 Å². The van der Waals surface area contributed by atoms with Crippen molar-refractivity contribution in [2.75, 3.05) is 0 Å². The van der Waals surface area contributed by atoms with Gasteiger partial charge in [-0.25, -0.2) is 0 Å². The van der Waals surface area contributed by atoms with Crippen molar-refractivity contribution in [3.8, 4) is 5.75 Å². The van der Waals surface area contributed by atoms with Crippen molar-refractivity contribution in [1.29, 1.82) is 0 Å². The van der Waals surface area contributed by atoms with Gasteiger partial charge in [0.15, 0.2) is 0 Å². The minimum atomic E-state index is 0.343. The van der Waals surface area contributed by atoms with Gasteiger partial charge in [-0.15, -0.1) is 0 Å². The third-order valence-electron chi connectivity index (χ3n) is 2.82. The molecule has 2 atom stereocenters.